The first-order chi connectivity index (χ1) is 23.2. The number of benzene rings is 3. The zero-order valence-electron chi connectivity index (χ0n) is 25.4. The van der Waals surface area contributed by atoms with Crippen LogP contribution >= 0.6 is 0 Å². The Morgan fingerprint density at radius 2 is 1.44 bits per heavy atom. The quantitative estimate of drug-likeness (QED) is 0.229. The highest BCUT2D eigenvalue weighted by atomic mass is 19.4. The molecule has 0 unspecified atom stereocenters. The number of rotatable bonds is 6. The molecule has 244 valence electrons. The number of alkyl halides is 3. The molecular formula is C34H29F3N8O3. The highest BCUT2D eigenvalue weighted by Crippen LogP contribution is 2.30. The Balaban J connectivity index is 0.000000519. The van der Waals surface area contributed by atoms with Crippen LogP contribution in [0.4, 0.5) is 13.2 Å². The lowest BCUT2D eigenvalue weighted by molar-refractivity contribution is -0.192. The van der Waals surface area contributed by atoms with Crippen molar-refractivity contribution in [2.24, 2.45) is 0 Å². The fourth-order valence-corrected chi connectivity index (χ4v) is 5.63. The van der Waals surface area contributed by atoms with Crippen molar-refractivity contribution in [1.82, 2.24) is 39.6 Å². The van der Waals surface area contributed by atoms with E-state index >= 15 is 0 Å². The second-order valence-electron chi connectivity index (χ2n) is 11.1. The van der Waals surface area contributed by atoms with E-state index in [-0.39, 0.29) is 11.7 Å². The third-order valence-electron chi connectivity index (χ3n) is 7.92. The molecule has 48 heavy (non-hydrogen) atoms. The number of carboxylic acids is 1. The number of nitrogens with one attached hydrogen (secondary N) is 1. The van der Waals surface area contributed by atoms with Crippen LogP contribution in [-0.2, 0) is 11.3 Å². The molecular weight excluding hydrogens is 625 g/mol. The van der Waals surface area contributed by atoms with Crippen molar-refractivity contribution in [3.63, 3.8) is 0 Å². The maximum Gasteiger partial charge on any atom is 0.490 e. The average molecular weight is 655 g/mol. The molecule has 0 saturated carbocycles. The van der Waals surface area contributed by atoms with Crippen LogP contribution < -0.4 is 5.69 Å². The van der Waals surface area contributed by atoms with Crippen molar-refractivity contribution >= 4 is 17.0 Å². The molecule has 0 spiro atoms. The van der Waals surface area contributed by atoms with Gasteiger partial charge in [0.1, 0.15) is 11.4 Å². The van der Waals surface area contributed by atoms with E-state index in [2.05, 4.69) is 54.3 Å². The van der Waals surface area contributed by atoms with Gasteiger partial charge in [0.2, 0.25) is 5.82 Å². The third kappa shape index (κ3) is 7.28. The van der Waals surface area contributed by atoms with Gasteiger partial charge in [0, 0.05) is 49.2 Å². The number of hydrogen-bond acceptors (Lipinski definition) is 8. The number of hydrogen-bond donors (Lipinski definition) is 2. The lowest BCUT2D eigenvalue weighted by Gasteiger charge is -2.32. The molecule has 1 aliphatic heterocycles. The molecule has 14 heteroatoms. The first-order valence-electron chi connectivity index (χ1n) is 15.1. The number of carbonyl (C=O) groups is 1. The predicted molar refractivity (Wildman–Crippen MR) is 172 cm³/mol. The summed E-state index contributed by atoms with van der Waals surface area (Å²) < 4.78 is 33.7. The van der Waals surface area contributed by atoms with E-state index in [1.165, 1.54) is 5.56 Å². The summed E-state index contributed by atoms with van der Waals surface area (Å²) in [4.78, 5) is 40.5. The Morgan fingerprint density at radius 3 is 2.10 bits per heavy atom. The van der Waals surface area contributed by atoms with Gasteiger partial charge in [-0.15, -0.1) is 10.2 Å². The number of piperidine rings is 1. The molecule has 1 aliphatic rings. The van der Waals surface area contributed by atoms with E-state index in [1.54, 1.807) is 18.5 Å². The number of halogens is 3. The number of aromatic amines is 1. The molecule has 3 aromatic heterocycles. The van der Waals surface area contributed by atoms with Crippen LogP contribution in [0.25, 0.3) is 45.2 Å². The van der Waals surface area contributed by atoms with Crippen LogP contribution in [0.1, 0.15) is 24.4 Å². The minimum atomic E-state index is -5.08. The lowest BCUT2D eigenvalue weighted by atomic mass is 10.0. The summed E-state index contributed by atoms with van der Waals surface area (Å²) in [6, 6.07) is 28.4. The monoisotopic (exact) mass is 654 g/mol. The number of para-hydroxylation sites is 2. The van der Waals surface area contributed by atoms with E-state index in [9.17, 15) is 18.0 Å². The topological polar surface area (TPSA) is 143 Å². The number of imidazole rings is 1. The molecule has 6 aromatic rings. The average Bonchev–Trinajstić information content (AvgIpc) is 3.45. The number of aromatic nitrogens is 7. The molecule has 2 N–H and O–H groups in total. The van der Waals surface area contributed by atoms with Crippen LogP contribution in [0, 0.1) is 0 Å². The molecule has 11 nitrogen and oxygen atoms in total. The van der Waals surface area contributed by atoms with E-state index in [4.69, 9.17) is 14.9 Å². The number of aliphatic carboxylic acids is 1. The van der Waals surface area contributed by atoms with Gasteiger partial charge in [0.15, 0.2) is 5.82 Å². The van der Waals surface area contributed by atoms with E-state index in [1.807, 2.05) is 59.2 Å². The van der Waals surface area contributed by atoms with Gasteiger partial charge in [-0.25, -0.2) is 24.5 Å². The Morgan fingerprint density at radius 1 is 0.812 bits per heavy atom. The highest BCUT2D eigenvalue weighted by molar-refractivity contribution is 5.78. The van der Waals surface area contributed by atoms with Crippen molar-refractivity contribution in [2.75, 3.05) is 13.1 Å². The fraction of sp³-hybridized carbons (Fsp3) is 0.206. The van der Waals surface area contributed by atoms with E-state index < -0.39 is 12.1 Å². The molecule has 0 aliphatic carbocycles. The number of H-pyrrole nitrogens is 1. The van der Waals surface area contributed by atoms with Gasteiger partial charge in [-0.3, -0.25) is 9.47 Å². The zero-order chi connectivity index (χ0) is 33.7. The first kappa shape index (κ1) is 32.2. The van der Waals surface area contributed by atoms with Crippen LogP contribution in [-0.4, -0.2) is 69.9 Å². The van der Waals surface area contributed by atoms with Gasteiger partial charge in [-0.05, 0) is 36.6 Å². The summed E-state index contributed by atoms with van der Waals surface area (Å²) in [5, 5.41) is 16.0. The van der Waals surface area contributed by atoms with Gasteiger partial charge in [0.05, 0.1) is 11.0 Å². The summed E-state index contributed by atoms with van der Waals surface area (Å²) >= 11 is 0. The van der Waals surface area contributed by atoms with Gasteiger partial charge in [0.25, 0.3) is 0 Å². The van der Waals surface area contributed by atoms with Crippen molar-refractivity contribution in [3.8, 4) is 34.2 Å². The van der Waals surface area contributed by atoms with Crippen LogP contribution in [0.5, 0.6) is 0 Å². The molecule has 0 amide bonds. The van der Waals surface area contributed by atoms with Crippen molar-refractivity contribution < 1.29 is 23.1 Å². The fourth-order valence-electron chi connectivity index (χ4n) is 5.63. The van der Waals surface area contributed by atoms with Gasteiger partial charge >= 0.3 is 17.8 Å². The van der Waals surface area contributed by atoms with Gasteiger partial charge < -0.3 is 10.1 Å². The minimum absolute atomic E-state index is 0.0173. The highest BCUT2D eigenvalue weighted by Gasteiger charge is 2.38. The van der Waals surface area contributed by atoms with Crippen LogP contribution in [0.2, 0.25) is 0 Å². The zero-order valence-corrected chi connectivity index (χ0v) is 25.4. The second kappa shape index (κ2) is 13.9. The van der Waals surface area contributed by atoms with E-state index in [0.29, 0.717) is 17.3 Å². The second-order valence-corrected chi connectivity index (χ2v) is 11.1. The summed E-state index contributed by atoms with van der Waals surface area (Å²) in [7, 11) is 0. The standard InChI is InChI=1S/C32H28N8O.C2HF3O2/c41-32-35-26-9-4-5-10-27(26)40(32)25-15-19-39(20-16-25)21-22-11-13-24(14-12-22)28-29(23-7-2-1-3-8-23)37-38-31(36-28)30-33-17-6-18-34-30;3-2(4,5)1(6)7/h1-14,17-18,25H,15-16,19-21H2,(H,35,41);(H,6,7). The molecule has 0 atom stereocenters. The maximum atomic E-state index is 12.6. The smallest absolute Gasteiger partial charge is 0.475 e. The largest absolute Gasteiger partial charge is 0.490 e. The molecule has 4 heterocycles. The van der Waals surface area contributed by atoms with Gasteiger partial charge in [-0.2, -0.15) is 13.2 Å². The molecule has 0 bridgehead atoms. The Kier molecular flexibility index (Phi) is 9.34. The third-order valence-corrected chi connectivity index (χ3v) is 7.92. The van der Waals surface area contributed by atoms with Crippen molar-refractivity contribution in [2.45, 2.75) is 31.6 Å². The summed E-state index contributed by atoms with van der Waals surface area (Å²) in [6.45, 7) is 2.73. The van der Waals surface area contributed by atoms with Crippen LogP contribution in [0.3, 0.4) is 0 Å². The predicted octanol–water partition coefficient (Wildman–Crippen LogP) is 5.78. The SMILES string of the molecule is O=C(O)C(F)(F)F.O=c1[nH]c2ccccc2n1C1CCN(Cc2ccc(-c3nc(-c4ncccn4)nnc3-c3ccccc3)cc2)CC1. The maximum absolute atomic E-state index is 12.6. The number of likely N-dealkylation sites (tertiary alicyclic amines) is 1. The first-order valence-corrected chi connectivity index (χ1v) is 15.1. The summed E-state index contributed by atoms with van der Waals surface area (Å²) in [5.74, 6) is -1.93. The van der Waals surface area contributed by atoms with E-state index in [0.717, 1.165) is 60.3 Å². The Hall–Kier alpha value is -5.76. The Bertz CT molecular complexity index is 2060. The Labute approximate surface area is 271 Å². The summed E-state index contributed by atoms with van der Waals surface area (Å²) in [6.07, 6.45) is 0.147. The molecule has 1 saturated heterocycles. The van der Waals surface area contributed by atoms with Crippen molar-refractivity contribution in [1.29, 1.82) is 0 Å². The van der Waals surface area contributed by atoms with Crippen LogP contribution in [0.15, 0.2) is 102 Å². The van der Waals surface area contributed by atoms with Crippen molar-refractivity contribution in [3.05, 3.63) is 113 Å². The molecule has 1 fully saturated rings. The number of fused-ring (bicyclic) bond motifs is 1. The molecule has 3 aromatic carbocycles. The normalized spacial score (nSPS) is 14.0. The molecule has 0 radical (unpaired) electrons. The number of carboxylic acid groups (broad SMARTS) is 1. The summed E-state index contributed by atoms with van der Waals surface area (Å²) in [5.41, 5.74) is 6.46. The number of nitrogens with zero attached hydrogens (tertiary/aromatic N) is 7. The molecule has 7 rings (SSSR count). The lowest BCUT2D eigenvalue weighted by Crippen LogP contribution is -2.36. The van der Waals surface area contributed by atoms with Gasteiger partial charge in [-0.1, -0.05) is 66.7 Å². The minimum Gasteiger partial charge on any atom is -0.475 e.